The molecule has 0 N–H and O–H groups in total. The van der Waals surface area contributed by atoms with E-state index < -0.39 is 103 Å². The predicted octanol–water partition coefficient (Wildman–Crippen LogP) is 10.3. The lowest BCUT2D eigenvalue weighted by molar-refractivity contribution is -0.463. The molecule has 1 aliphatic rings. The maximum Gasteiger partial charge on any atom is 0.460 e. The van der Waals surface area contributed by atoms with Crippen LogP contribution >= 0.6 is 0 Å². The number of carbonyl (C=O) groups excluding carboxylic acids is 1. The molecule has 1 fully saturated rings. The molecule has 20 heteroatoms. The molecule has 0 saturated heterocycles. The van der Waals surface area contributed by atoms with E-state index in [9.17, 15) is 83.8 Å². The van der Waals surface area contributed by atoms with Crippen molar-refractivity contribution in [1.82, 2.24) is 0 Å². The first-order valence-corrected chi connectivity index (χ1v) is 13.3. The molecule has 266 valence electrons. The fourth-order valence-electron chi connectivity index (χ4n) is 4.68. The number of esters is 1. The van der Waals surface area contributed by atoms with Gasteiger partial charge < -0.3 is 4.74 Å². The molecule has 0 radical (unpaired) electrons. The summed E-state index contributed by atoms with van der Waals surface area (Å²) in [5, 5.41) is 0. The van der Waals surface area contributed by atoms with Crippen molar-refractivity contribution in [2.45, 2.75) is 106 Å². The topological polar surface area (TPSA) is 26.3 Å². The third-order valence-electron chi connectivity index (χ3n) is 7.60. The molecule has 0 aromatic heterocycles. The van der Waals surface area contributed by atoms with Gasteiger partial charge in [0.25, 0.3) is 0 Å². The second kappa shape index (κ2) is 12.8. The zero-order valence-corrected chi connectivity index (χ0v) is 23.2. The first-order chi connectivity index (χ1) is 20.6. The largest absolute Gasteiger partial charge is 0.460 e. The highest BCUT2D eigenvalue weighted by atomic mass is 19.4. The van der Waals surface area contributed by atoms with Crippen LogP contribution in [0.1, 0.15) is 57.4 Å². The van der Waals surface area contributed by atoms with Crippen LogP contribution in [-0.2, 0) is 11.2 Å². The molecule has 0 atom stereocenters. The van der Waals surface area contributed by atoms with E-state index in [1.54, 1.807) is 0 Å². The molecule has 0 bridgehead atoms. The number of benzene rings is 1. The second-order valence-corrected chi connectivity index (χ2v) is 10.8. The van der Waals surface area contributed by atoms with Gasteiger partial charge in [-0.05, 0) is 56.2 Å². The molecule has 1 aromatic carbocycles. The normalized spacial score (nSPS) is 19.7. The molecule has 0 unspecified atom stereocenters. The third kappa shape index (κ3) is 6.45. The fraction of sp³-hybridized carbons (Fsp3) is 0.731. The molecular formula is C26H24F18O2. The Kier molecular flexibility index (Phi) is 11.0. The lowest BCUT2D eigenvalue weighted by atomic mass is 9.75. The maximum absolute atomic E-state index is 14.6. The van der Waals surface area contributed by atoms with Crippen LogP contribution in [0.3, 0.4) is 0 Å². The molecule has 0 amide bonds. The van der Waals surface area contributed by atoms with Crippen molar-refractivity contribution in [2.75, 3.05) is 0 Å². The Balaban J connectivity index is 2.24. The van der Waals surface area contributed by atoms with Gasteiger partial charge in [0.2, 0.25) is 0 Å². The number of carbonyl (C=O) groups is 1. The van der Waals surface area contributed by atoms with Gasteiger partial charge in [0.15, 0.2) is 11.6 Å². The zero-order chi connectivity index (χ0) is 35.9. The highest BCUT2D eigenvalue weighted by molar-refractivity contribution is 5.75. The smallest absolute Gasteiger partial charge is 0.423 e. The second-order valence-electron chi connectivity index (χ2n) is 10.8. The SMILES string of the molecule is CCCCCc1ccc(OC(=O)[C@H]2CC[C@H](C(F)(F)C(F)(F)C(F)(F)C(F)(F)C(F)(F)C(F)(F)C(F)(F)C(F)(F)F)CC2)c(F)c1. The molecule has 1 aromatic rings. The molecule has 0 heterocycles. The molecule has 1 aliphatic carbocycles. The van der Waals surface area contributed by atoms with Gasteiger partial charge in [-0.1, -0.05) is 25.8 Å². The minimum absolute atomic E-state index is 0.465. The quantitative estimate of drug-likeness (QED) is 0.0882. The summed E-state index contributed by atoms with van der Waals surface area (Å²) < 4.78 is 250. The minimum atomic E-state index is -8.69. The van der Waals surface area contributed by atoms with Crippen LogP contribution in [0.5, 0.6) is 5.75 Å². The molecular weight excluding hydrogens is 686 g/mol. The summed E-state index contributed by atoms with van der Waals surface area (Å²) in [4.78, 5) is 12.4. The van der Waals surface area contributed by atoms with Crippen LogP contribution in [0.15, 0.2) is 18.2 Å². The Morgan fingerprint density at radius 3 is 1.57 bits per heavy atom. The molecule has 2 rings (SSSR count). The van der Waals surface area contributed by atoms with Crippen molar-refractivity contribution in [2.24, 2.45) is 11.8 Å². The van der Waals surface area contributed by atoms with E-state index in [1.165, 1.54) is 6.07 Å². The Labute approximate surface area is 248 Å². The number of aryl methyl sites for hydroxylation is 1. The number of unbranched alkanes of at least 4 members (excludes halogenated alkanes) is 2. The standard InChI is InChI=1S/C26H24F18O2/c1-2-3-4-5-13-6-11-17(16(27)12-13)46-18(45)14-7-9-15(10-8-14)19(28,29)20(30,31)21(32,33)22(34,35)23(36,37)24(38,39)25(40,41)26(42,43)44/h6,11-12,14-15H,2-5,7-10H2,1H3/t14-,15-. The number of hydrogen-bond donors (Lipinski definition) is 0. The summed E-state index contributed by atoms with van der Waals surface area (Å²) in [7, 11) is 0. The minimum Gasteiger partial charge on any atom is -0.423 e. The summed E-state index contributed by atoms with van der Waals surface area (Å²) in [6, 6.07) is 3.46. The Hall–Kier alpha value is -2.57. The lowest BCUT2D eigenvalue weighted by Crippen LogP contribution is -2.75. The van der Waals surface area contributed by atoms with Gasteiger partial charge in [-0.3, -0.25) is 4.79 Å². The summed E-state index contributed by atoms with van der Waals surface area (Å²) >= 11 is 0. The van der Waals surface area contributed by atoms with Crippen LogP contribution in [0, 0.1) is 17.7 Å². The molecule has 0 aliphatic heterocycles. The van der Waals surface area contributed by atoms with Gasteiger partial charge in [0.1, 0.15) is 0 Å². The van der Waals surface area contributed by atoms with Crippen LogP contribution in [-0.4, -0.2) is 53.6 Å². The van der Waals surface area contributed by atoms with Crippen molar-refractivity contribution >= 4 is 5.97 Å². The van der Waals surface area contributed by atoms with Crippen LogP contribution < -0.4 is 4.74 Å². The predicted molar refractivity (Wildman–Crippen MR) is 121 cm³/mol. The van der Waals surface area contributed by atoms with Crippen LogP contribution in [0.25, 0.3) is 0 Å². The summed E-state index contributed by atoms with van der Waals surface area (Å²) in [5.41, 5.74) is 0.521. The molecule has 1 saturated carbocycles. The molecule has 0 spiro atoms. The van der Waals surface area contributed by atoms with Gasteiger partial charge in [-0.15, -0.1) is 0 Å². The average Bonchev–Trinajstić information content (AvgIpc) is 2.93. The van der Waals surface area contributed by atoms with Crippen LogP contribution in [0.4, 0.5) is 79.0 Å². The van der Waals surface area contributed by atoms with Crippen molar-refractivity contribution < 1.29 is 88.6 Å². The van der Waals surface area contributed by atoms with E-state index in [1.807, 2.05) is 6.92 Å². The summed E-state index contributed by atoms with van der Waals surface area (Å²) in [5.74, 6) is -64.4. The van der Waals surface area contributed by atoms with Gasteiger partial charge in [0.05, 0.1) is 5.92 Å². The third-order valence-corrected chi connectivity index (χ3v) is 7.60. The highest BCUT2D eigenvalue weighted by Crippen LogP contribution is 2.65. The lowest BCUT2D eigenvalue weighted by Gasteiger charge is -2.44. The van der Waals surface area contributed by atoms with Crippen molar-refractivity contribution in [1.29, 1.82) is 0 Å². The van der Waals surface area contributed by atoms with E-state index >= 15 is 0 Å². The average molecular weight is 710 g/mol. The Morgan fingerprint density at radius 2 is 1.13 bits per heavy atom. The number of hydrogen-bond acceptors (Lipinski definition) is 2. The molecule has 2 nitrogen and oxygen atoms in total. The van der Waals surface area contributed by atoms with Crippen molar-refractivity contribution in [3.05, 3.63) is 29.6 Å². The van der Waals surface area contributed by atoms with E-state index in [-0.39, 0.29) is 0 Å². The van der Waals surface area contributed by atoms with Crippen molar-refractivity contribution in [3.8, 4) is 5.75 Å². The van der Waals surface area contributed by atoms with E-state index in [0.29, 0.717) is 18.4 Å². The highest BCUT2D eigenvalue weighted by Gasteiger charge is 2.95. The van der Waals surface area contributed by atoms with E-state index in [4.69, 9.17) is 4.74 Å². The van der Waals surface area contributed by atoms with Gasteiger partial charge in [0, 0.05) is 5.92 Å². The Morgan fingerprint density at radius 1 is 0.674 bits per heavy atom. The monoisotopic (exact) mass is 710 g/mol. The van der Waals surface area contributed by atoms with Crippen LogP contribution in [0.2, 0.25) is 0 Å². The van der Waals surface area contributed by atoms with Gasteiger partial charge in [-0.2, -0.15) is 74.6 Å². The molecule has 46 heavy (non-hydrogen) atoms. The number of ether oxygens (including phenoxy) is 1. The summed E-state index contributed by atoms with van der Waals surface area (Å²) in [6.45, 7) is 1.92. The maximum atomic E-state index is 14.6. The number of halogens is 18. The van der Waals surface area contributed by atoms with Gasteiger partial charge in [-0.25, -0.2) is 4.39 Å². The fourth-order valence-corrected chi connectivity index (χ4v) is 4.68. The number of alkyl halides is 17. The number of rotatable bonds is 13. The Bertz CT molecular complexity index is 1220. The van der Waals surface area contributed by atoms with Crippen molar-refractivity contribution in [3.63, 3.8) is 0 Å². The van der Waals surface area contributed by atoms with E-state index in [0.717, 1.165) is 25.0 Å². The van der Waals surface area contributed by atoms with E-state index in [2.05, 4.69) is 0 Å². The van der Waals surface area contributed by atoms with Gasteiger partial charge >= 0.3 is 53.6 Å². The first kappa shape index (κ1) is 39.6. The zero-order valence-electron chi connectivity index (χ0n) is 23.2. The summed E-state index contributed by atoms with van der Waals surface area (Å²) in [6.07, 6.45) is -9.71. The first-order valence-electron chi connectivity index (χ1n) is 13.3.